The molecule has 8 heteroatoms. The highest BCUT2D eigenvalue weighted by molar-refractivity contribution is 6.33. The summed E-state index contributed by atoms with van der Waals surface area (Å²) in [7, 11) is 3.36. The van der Waals surface area contributed by atoms with Gasteiger partial charge in [-0.3, -0.25) is 9.48 Å². The standard InChI is InChI=1S/C21H23ClN4O3/c1-25-20(16(22)13-23-25)21(27)26-11-5-3-4-6-18(26)19-12-17(24-29-19)14-7-9-15(28-2)10-8-14/h7-10,12-13,18H,3-6,11H2,1-2H3/t18-/m0/s1. The number of ether oxygens (including phenoxy) is 1. The zero-order valence-corrected chi connectivity index (χ0v) is 17.2. The van der Waals surface area contributed by atoms with Crippen molar-refractivity contribution in [3.63, 3.8) is 0 Å². The third-order valence-corrected chi connectivity index (χ3v) is 5.63. The van der Waals surface area contributed by atoms with Gasteiger partial charge in [0.2, 0.25) is 0 Å². The van der Waals surface area contributed by atoms with Crippen LogP contribution in [0.3, 0.4) is 0 Å². The van der Waals surface area contributed by atoms with Crippen LogP contribution >= 0.6 is 11.6 Å². The molecule has 2 aromatic heterocycles. The Kier molecular flexibility index (Phi) is 5.58. The molecular weight excluding hydrogens is 392 g/mol. The Balaban J connectivity index is 1.64. The van der Waals surface area contributed by atoms with Crippen molar-refractivity contribution in [2.24, 2.45) is 7.05 Å². The highest BCUT2D eigenvalue weighted by atomic mass is 35.5. The van der Waals surface area contributed by atoms with Gasteiger partial charge in [-0.1, -0.05) is 29.6 Å². The third-order valence-electron chi connectivity index (χ3n) is 5.35. The van der Waals surface area contributed by atoms with Crippen molar-refractivity contribution in [1.82, 2.24) is 19.8 Å². The van der Waals surface area contributed by atoms with Crippen LogP contribution in [-0.2, 0) is 7.05 Å². The first-order valence-electron chi connectivity index (χ1n) is 9.68. The molecule has 1 aromatic carbocycles. The quantitative estimate of drug-likeness (QED) is 0.628. The number of hydrogen-bond acceptors (Lipinski definition) is 5. The van der Waals surface area contributed by atoms with Crippen LogP contribution in [0.25, 0.3) is 11.3 Å². The number of nitrogens with zero attached hydrogens (tertiary/aromatic N) is 4. The summed E-state index contributed by atoms with van der Waals surface area (Å²) in [5, 5.41) is 8.70. The number of carbonyl (C=O) groups is 1. The van der Waals surface area contributed by atoms with Gasteiger partial charge in [-0.15, -0.1) is 0 Å². The Morgan fingerprint density at radius 3 is 2.72 bits per heavy atom. The number of aryl methyl sites for hydroxylation is 1. The molecule has 7 nitrogen and oxygen atoms in total. The largest absolute Gasteiger partial charge is 0.497 e. The van der Waals surface area contributed by atoms with Crippen LogP contribution in [0, 0.1) is 0 Å². The molecule has 0 spiro atoms. The number of carbonyl (C=O) groups excluding carboxylic acids is 1. The van der Waals surface area contributed by atoms with E-state index in [1.165, 1.54) is 10.9 Å². The van der Waals surface area contributed by atoms with E-state index in [1.54, 1.807) is 14.2 Å². The predicted molar refractivity (Wildman–Crippen MR) is 109 cm³/mol. The summed E-state index contributed by atoms with van der Waals surface area (Å²) < 4.78 is 12.4. The molecular formula is C21H23ClN4O3. The van der Waals surface area contributed by atoms with E-state index in [-0.39, 0.29) is 11.9 Å². The molecule has 1 aliphatic heterocycles. The summed E-state index contributed by atoms with van der Waals surface area (Å²) in [4.78, 5) is 15.1. The van der Waals surface area contributed by atoms with Crippen LogP contribution in [-0.4, -0.2) is 39.4 Å². The number of rotatable bonds is 4. The molecule has 1 fully saturated rings. The molecule has 1 atom stereocenters. The molecule has 0 radical (unpaired) electrons. The average Bonchev–Trinajstić information content (AvgIpc) is 3.26. The summed E-state index contributed by atoms with van der Waals surface area (Å²) in [6.45, 7) is 0.642. The van der Waals surface area contributed by atoms with Crippen molar-refractivity contribution in [3.05, 3.63) is 53.0 Å². The monoisotopic (exact) mass is 414 g/mol. The van der Waals surface area contributed by atoms with Crippen LogP contribution < -0.4 is 4.74 Å². The molecule has 0 N–H and O–H groups in total. The van der Waals surface area contributed by atoms with Crippen LogP contribution in [0.1, 0.15) is 48.0 Å². The van der Waals surface area contributed by atoms with Crippen LogP contribution in [0.4, 0.5) is 0 Å². The maximum Gasteiger partial charge on any atom is 0.274 e. The van der Waals surface area contributed by atoms with Gasteiger partial charge in [-0.25, -0.2) is 0 Å². The number of halogens is 1. The first kappa shape index (κ1) is 19.5. The number of benzene rings is 1. The number of amides is 1. The Labute approximate surface area is 174 Å². The topological polar surface area (TPSA) is 73.4 Å². The zero-order chi connectivity index (χ0) is 20.4. The van der Waals surface area contributed by atoms with Gasteiger partial charge in [0.25, 0.3) is 5.91 Å². The van der Waals surface area contributed by atoms with Crippen molar-refractivity contribution in [2.75, 3.05) is 13.7 Å². The second-order valence-electron chi connectivity index (χ2n) is 7.17. The second-order valence-corrected chi connectivity index (χ2v) is 7.58. The molecule has 3 heterocycles. The molecule has 1 aliphatic rings. The molecule has 0 aliphatic carbocycles. The lowest BCUT2D eigenvalue weighted by atomic mass is 10.1. The van der Waals surface area contributed by atoms with Crippen molar-refractivity contribution in [2.45, 2.75) is 31.7 Å². The molecule has 0 unspecified atom stereocenters. The first-order chi connectivity index (χ1) is 14.1. The summed E-state index contributed by atoms with van der Waals surface area (Å²) in [5.74, 6) is 1.33. The molecule has 4 rings (SSSR count). The van der Waals surface area contributed by atoms with Crippen LogP contribution in [0.5, 0.6) is 5.75 Å². The normalized spacial score (nSPS) is 17.2. The minimum absolute atomic E-state index is 0.135. The minimum atomic E-state index is -0.185. The number of likely N-dealkylation sites (tertiary alicyclic amines) is 1. The van der Waals surface area contributed by atoms with Gasteiger partial charge in [0.05, 0.1) is 24.4 Å². The number of aromatic nitrogens is 3. The summed E-state index contributed by atoms with van der Waals surface area (Å²) in [6, 6.07) is 9.38. The van der Waals surface area contributed by atoms with E-state index < -0.39 is 0 Å². The Bertz CT molecular complexity index is 976. The average molecular weight is 415 g/mol. The van der Waals surface area contributed by atoms with E-state index in [0.717, 1.165) is 42.7 Å². The predicted octanol–water partition coefficient (Wildman–Crippen LogP) is 4.49. The second kappa shape index (κ2) is 8.29. The number of hydrogen-bond donors (Lipinski definition) is 0. The fourth-order valence-electron chi connectivity index (χ4n) is 3.78. The molecule has 152 valence electrons. The van der Waals surface area contributed by atoms with Gasteiger partial charge in [0.1, 0.15) is 17.1 Å². The van der Waals surface area contributed by atoms with Crippen molar-refractivity contribution >= 4 is 17.5 Å². The van der Waals surface area contributed by atoms with Crippen LogP contribution in [0.15, 0.2) is 41.1 Å². The van der Waals surface area contributed by atoms with E-state index in [9.17, 15) is 4.79 Å². The molecule has 1 saturated heterocycles. The van der Waals surface area contributed by atoms with Gasteiger partial charge in [0.15, 0.2) is 5.76 Å². The van der Waals surface area contributed by atoms with Crippen molar-refractivity contribution < 1.29 is 14.1 Å². The number of methoxy groups -OCH3 is 1. The van der Waals surface area contributed by atoms with Gasteiger partial charge in [0, 0.05) is 25.2 Å². The van der Waals surface area contributed by atoms with Gasteiger partial charge in [-0.05, 0) is 37.1 Å². The van der Waals surface area contributed by atoms with Gasteiger partial charge < -0.3 is 14.2 Å². The summed E-state index contributed by atoms with van der Waals surface area (Å²) in [5.41, 5.74) is 2.06. The van der Waals surface area contributed by atoms with E-state index >= 15 is 0 Å². The lowest BCUT2D eigenvalue weighted by Gasteiger charge is -2.28. The fourth-order valence-corrected chi connectivity index (χ4v) is 4.03. The van der Waals surface area contributed by atoms with Crippen molar-refractivity contribution in [3.8, 4) is 17.0 Å². The first-order valence-corrected chi connectivity index (χ1v) is 10.1. The van der Waals surface area contributed by atoms with E-state index in [0.29, 0.717) is 23.0 Å². The summed E-state index contributed by atoms with van der Waals surface area (Å²) >= 11 is 6.23. The SMILES string of the molecule is COc1ccc(-c2cc([C@@H]3CCCCCN3C(=O)c3c(Cl)cnn3C)on2)cc1. The highest BCUT2D eigenvalue weighted by Gasteiger charge is 2.32. The summed E-state index contributed by atoms with van der Waals surface area (Å²) in [6.07, 6.45) is 5.35. The molecule has 0 saturated carbocycles. The molecule has 0 bridgehead atoms. The maximum absolute atomic E-state index is 13.3. The van der Waals surface area contributed by atoms with E-state index in [1.807, 2.05) is 35.2 Å². The fraction of sp³-hybridized carbons (Fsp3) is 0.381. The molecule has 29 heavy (non-hydrogen) atoms. The molecule has 1 amide bonds. The lowest BCUT2D eigenvalue weighted by Crippen LogP contribution is -2.36. The highest BCUT2D eigenvalue weighted by Crippen LogP contribution is 2.34. The smallest absolute Gasteiger partial charge is 0.274 e. The van der Waals surface area contributed by atoms with Crippen LogP contribution in [0.2, 0.25) is 5.02 Å². The Morgan fingerprint density at radius 1 is 1.24 bits per heavy atom. The third kappa shape index (κ3) is 3.87. The maximum atomic E-state index is 13.3. The lowest BCUT2D eigenvalue weighted by molar-refractivity contribution is 0.0640. The van der Waals surface area contributed by atoms with E-state index in [4.69, 9.17) is 20.9 Å². The van der Waals surface area contributed by atoms with Gasteiger partial charge in [-0.2, -0.15) is 5.10 Å². The van der Waals surface area contributed by atoms with E-state index in [2.05, 4.69) is 10.3 Å². The Hall–Kier alpha value is -2.80. The van der Waals surface area contributed by atoms with Gasteiger partial charge >= 0.3 is 0 Å². The Morgan fingerprint density at radius 2 is 2.03 bits per heavy atom. The van der Waals surface area contributed by atoms with Crippen molar-refractivity contribution in [1.29, 1.82) is 0 Å². The zero-order valence-electron chi connectivity index (χ0n) is 16.5. The molecule has 3 aromatic rings. The minimum Gasteiger partial charge on any atom is -0.497 e.